The van der Waals surface area contributed by atoms with E-state index in [0.717, 1.165) is 17.9 Å². The first-order valence-electron chi connectivity index (χ1n) is 6.67. The number of rotatable bonds is 4. The van der Waals surface area contributed by atoms with Gasteiger partial charge in [-0.2, -0.15) is 0 Å². The van der Waals surface area contributed by atoms with Crippen LogP contribution in [0.15, 0.2) is 30.6 Å². The number of nitrogens with zero attached hydrogens (tertiary/aromatic N) is 4. The summed E-state index contributed by atoms with van der Waals surface area (Å²) >= 11 is 0. The van der Waals surface area contributed by atoms with Crippen molar-refractivity contribution in [1.29, 1.82) is 0 Å². The van der Waals surface area contributed by atoms with Gasteiger partial charge in [-0.15, -0.1) is 5.10 Å². The van der Waals surface area contributed by atoms with E-state index in [9.17, 15) is 0 Å². The van der Waals surface area contributed by atoms with Crippen LogP contribution in [0.1, 0.15) is 19.3 Å². The largest absolute Gasteiger partial charge is 0.382 e. The molecule has 2 unspecified atom stereocenters. The summed E-state index contributed by atoms with van der Waals surface area (Å²) in [6.07, 6.45) is 5.29. The fourth-order valence-electron chi connectivity index (χ4n) is 2.71. The number of nitrogens with one attached hydrogen (secondary N) is 1. The van der Waals surface area contributed by atoms with Crippen molar-refractivity contribution in [2.45, 2.75) is 25.3 Å². The fourth-order valence-corrected chi connectivity index (χ4v) is 2.71. The molecular formula is C13H18N6. The topological polar surface area (TPSA) is 81.6 Å². The Morgan fingerprint density at radius 2 is 2.11 bits per heavy atom. The second-order valence-electron chi connectivity index (χ2n) is 4.98. The first kappa shape index (κ1) is 12.1. The van der Waals surface area contributed by atoms with Crippen LogP contribution in [0.2, 0.25) is 0 Å². The van der Waals surface area contributed by atoms with Crippen LogP contribution in [0, 0.1) is 5.92 Å². The van der Waals surface area contributed by atoms with E-state index < -0.39 is 0 Å². The van der Waals surface area contributed by atoms with Crippen molar-refractivity contribution in [2.24, 2.45) is 11.7 Å². The third-order valence-corrected chi connectivity index (χ3v) is 3.79. The summed E-state index contributed by atoms with van der Waals surface area (Å²) < 4.78 is 1.64. The summed E-state index contributed by atoms with van der Waals surface area (Å²) in [7, 11) is 0. The number of nitrogens with two attached hydrogens (primary N) is 1. The Morgan fingerprint density at radius 1 is 1.26 bits per heavy atom. The van der Waals surface area contributed by atoms with Crippen LogP contribution in [0.25, 0.3) is 5.69 Å². The molecular weight excluding hydrogens is 240 g/mol. The molecule has 1 aromatic carbocycles. The number of tetrazole rings is 1. The van der Waals surface area contributed by atoms with E-state index in [2.05, 4.69) is 33.0 Å². The highest BCUT2D eigenvalue weighted by atomic mass is 15.5. The molecule has 0 spiro atoms. The van der Waals surface area contributed by atoms with Gasteiger partial charge in [0.05, 0.1) is 5.69 Å². The highest BCUT2D eigenvalue weighted by Crippen LogP contribution is 2.27. The number of anilines is 1. The Balaban J connectivity index is 1.69. The van der Waals surface area contributed by atoms with E-state index in [-0.39, 0.29) is 0 Å². The summed E-state index contributed by atoms with van der Waals surface area (Å²) in [5, 5.41) is 14.7. The Bertz CT molecular complexity index is 506. The molecule has 1 heterocycles. The van der Waals surface area contributed by atoms with E-state index in [1.165, 1.54) is 19.3 Å². The molecule has 6 heteroatoms. The van der Waals surface area contributed by atoms with Gasteiger partial charge in [-0.1, -0.05) is 6.42 Å². The van der Waals surface area contributed by atoms with Crippen molar-refractivity contribution < 1.29 is 0 Å². The van der Waals surface area contributed by atoms with Crippen molar-refractivity contribution in [3.8, 4) is 5.69 Å². The molecule has 2 atom stereocenters. The standard InChI is InChI=1S/C13H18N6/c14-8-10-2-1-3-13(10)16-11-4-6-12(7-5-11)19-9-15-17-18-19/h4-7,9-10,13,16H,1-3,8,14H2. The molecule has 2 aromatic rings. The minimum Gasteiger partial charge on any atom is -0.382 e. The van der Waals surface area contributed by atoms with E-state index >= 15 is 0 Å². The number of hydrogen-bond acceptors (Lipinski definition) is 5. The maximum absolute atomic E-state index is 5.80. The summed E-state index contributed by atoms with van der Waals surface area (Å²) in [6.45, 7) is 0.764. The average molecular weight is 258 g/mol. The van der Waals surface area contributed by atoms with Crippen molar-refractivity contribution in [3.63, 3.8) is 0 Å². The highest BCUT2D eigenvalue weighted by molar-refractivity contribution is 5.49. The summed E-state index contributed by atoms with van der Waals surface area (Å²) in [5.41, 5.74) is 7.88. The zero-order chi connectivity index (χ0) is 13.1. The molecule has 1 saturated carbocycles. The summed E-state index contributed by atoms with van der Waals surface area (Å²) in [5.74, 6) is 0.596. The molecule has 0 bridgehead atoms. The minimum absolute atomic E-state index is 0.504. The monoisotopic (exact) mass is 258 g/mol. The molecule has 0 radical (unpaired) electrons. The van der Waals surface area contributed by atoms with E-state index in [4.69, 9.17) is 5.73 Å². The zero-order valence-electron chi connectivity index (χ0n) is 10.7. The number of hydrogen-bond donors (Lipinski definition) is 2. The van der Waals surface area contributed by atoms with Crippen LogP contribution in [0.3, 0.4) is 0 Å². The summed E-state index contributed by atoms with van der Waals surface area (Å²) in [4.78, 5) is 0. The van der Waals surface area contributed by atoms with Crippen molar-refractivity contribution >= 4 is 5.69 Å². The molecule has 1 aliphatic carbocycles. The van der Waals surface area contributed by atoms with E-state index in [0.29, 0.717) is 12.0 Å². The van der Waals surface area contributed by atoms with Gasteiger partial charge in [0.25, 0.3) is 0 Å². The predicted octanol–water partition coefficient (Wildman–Crippen LogP) is 1.20. The van der Waals surface area contributed by atoms with E-state index in [1.807, 2.05) is 12.1 Å². The Kier molecular flexibility index (Phi) is 3.41. The molecule has 1 fully saturated rings. The predicted molar refractivity (Wildman–Crippen MR) is 73.0 cm³/mol. The Hall–Kier alpha value is -1.95. The van der Waals surface area contributed by atoms with Gasteiger partial charge in [-0.3, -0.25) is 0 Å². The van der Waals surface area contributed by atoms with Crippen LogP contribution in [0.4, 0.5) is 5.69 Å². The number of benzene rings is 1. The third-order valence-electron chi connectivity index (χ3n) is 3.79. The quantitative estimate of drug-likeness (QED) is 0.861. The van der Waals surface area contributed by atoms with Gasteiger partial charge >= 0.3 is 0 Å². The van der Waals surface area contributed by atoms with Gasteiger partial charge in [-0.25, -0.2) is 4.68 Å². The lowest BCUT2D eigenvalue weighted by Crippen LogP contribution is -2.29. The van der Waals surface area contributed by atoms with Crippen LogP contribution < -0.4 is 11.1 Å². The zero-order valence-corrected chi connectivity index (χ0v) is 10.7. The minimum atomic E-state index is 0.504. The molecule has 19 heavy (non-hydrogen) atoms. The van der Waals surface area contributed by atoms with Gasteiger partial charge in [0, 0.05) is 11.7 Å². The third kappa shape index (κ3) is 2.58. The second kappa shape index (κ2) is 5.36. The molecule has 0 amide bonds. The smallest absolute Gasteiger partial charge is 0.143 e. The molecule has 3 N–H and O–H groups in total. The van der Waals surface area contributed by atoms with Crippen molar-refractivity contribution in [3.05, 3.63) is 30.6 Å². The maximum atomic E-state index is 5.80. The Morgan fingerprint density at radius 3 is 2.79 bits per heavy atom. The lowest BCUT2D eigenvalue weighted by Gasteiger charge is -2.20. The first-order valence-corrected chi connectivity index (χ1v) is 6.67. The Labute approximate surface area is 112 Å². The van der Waals surface area contributed by atoms with Crippen LogP contribution in [0.5, 0.6) is 0 Å². The molecule has 1 aromatic heterocycles. The normalized spacial score (nSPS) is 22.6. The van der Waals surface area contributed by atoms with E-state index in [1.54, 1.807) is 11.0 Å². The first-order chi connectivity index (χ1) is 9.36. The van der Waals surface area contributed by atoms with Gasteiger partial charge in [0.1, 0.15) is 6.33 Å². The second-order valence-corrected chi connectivity index (χ2v) is 4.98. The van der Waals surface area contributed by atoms with Gasteiger partial charge in [-0.05, 0) is 60.0 Å². The van der Waals surface area contributed by atoms with Gasteiger partial charge in [0.15, 0.2) is 0 Å². The molecule has 0 aliphatic heterocycles. The molecule has 6 nitrogen and oxygen atoms in total. The lowest BCUT2D eigenvalue weighted by molar-refractivity contribution is 0.516. The van der Waals surface area contributed by atoms with Gasteiger partial charge in [0.2, 0.25) is 0 Å². The highest BCUT2D eigenvalue weighted by Gasteiger charge is 2.25. The molecule has 1 aliphatic rings. The van der Waals surface area contributed by atoms with Crippen molar-refractivity contribution in [1.82, 2.24) is 20.2 Å². The maximum Gasteiger partial charge on any atom is 0.143 e. The van der Waals surface area contributed by atoms with Crippen molar-refractivity contribution in [2.75, 3.05) is 11.9 Å². The number of aromatic nitrogens is 4. The average Bonchev–Trinajstić information content (AvgIpc) is 3.10. The van der Waals surface area contributed by atoms with Crippen LogP contribution >= 0.6 is 0 Å². The molecule has 100 valence electrons. The summed E-state index contributed by atoms with van der Waals surface area (Å²) in [6, 6.07) is 8.63. The van der Waals surface area contributed by atoms with Crippen LogP contribution in [-0.2, 0) is 0 Å². The molecule has 3 rings (SSSR count). The SMILES string of the molecule is NCC1CCCC1Nc1ccc(-n2cnnn2)cc1. The lowest BCUT2D eigenvalue weighted by atomic mass is 10.0. The van der Waals surface area contributed by atoms with Crippen LogP contribution in [-0.4, -0.2) is 32.8 Å². The fraction of sp³-hybridized carbons (Fsp3) is 0.462. The van der Waals surface area contributed by atoms with Gasteiger partial charge < -0.3 is 11.1 Å². The molecule has 0 saturated heterocycles.